The summed E-state index contributed by atoms with van der Waals surface area (Å²) in [6.45, 7) is 0.225. The van der Waals surface area contributed by atoms with Gasteiger partial charge in [0.1, 0.15) is 5.92 Å². The molecule has 0 radical (unpaired) electrons. The number of benzene rings is 1. The molecule has 2 rings (SSSR count). The van der Waals surface area contributed by atoms with Crippen molar-refractivity contribution in [2.24, 2.45) is 5.92 Å². The van der Waals surface area contributed by atoms with E-state index in [1.807, 2.05) is 0 Å². The Morgan fingerprint density at radius 3 is 2.71 bits per heavy atom. The number of hydroxylamine groups is 1. The molecule has 9 heteroatoms. The van der Waals surface area contributed by atoms with Gasteiger partial charge in [0, 0.05) is 6.54 Å². The van der Waals surface area contributed by atoms with Gasteiger partial charge in [-0.1, -0.05) is 0 Å². The number of carbonyl (C=O) groups excluding carboxylic acids is 2. The minimum atomic E-state index is -1.75. The minimum Gasteiger partial charge on any atom is -0.392 e. The minimum absolute atomic E-state index is 0.170. The number of hydrogen-bond donors (Lipinski definition) is 3. The Hall–Kier alpha value is -2.29. The van der Waals surface area contributed by atoms with Crippen molar-refractivity contribution in [1.82, 2.24) is 10.8 Å². The molecule has 0 saturated carbocycles. The smallest absolute Gasteiger partial charge is 0.267 e. The highest BCUT2D eigenvalue weighted by Gasteiger charge is 2.37. The van der Waals surface area contributed by atoms with Gasteiger partial charge in [0.15, 0.2) is 17.4 Å². The SMILES string of the molecule is O=C1NCCC(O)C1C(=O)NOc1ccc(F)c(F)c1F. The molecule has 21 heavy (non-hydrogen) atoms. The number of carbonyl (C=O) groups is 2. The number of amides is 2. The Kier molecular flexibility index (Phi) is 4.32. The molecule has 2 unspecified atom stereocenters. The summed E-state index contributed by atoms with van der Waals surface area (Å²) in [7, 11) is 0. The van der Waals surface area contributed by atoms with Crippen molar-refractivity contribution in [3.63, 3.8) is 0 Å². The quantitative estimate of drug-likeness (QED) is 0.417. The van der Waals surface area contributed by atoms with Crippen LogP contribution in [-0.4, -0.2) is 29.6 Å². The number of hydrogen-bond acceptors (Lipinski definition) is 4. The molecule has 1 aliphatic heterocycles. The summed E-state index contributed by atoms with van der Waals surface area (Å²) in [5.74, 6) is -8.70. The van der Waals surface area contributed by atoms with Crippen LogP contribution < -0.4 is 15.6 Å². The largest absolute Gasteiger partial charge is 0.392 e. The predicted octanol–water partition coefficient (Wildman–Crippen LogP) is 0.0109. The normalized spacial score (nSPS) is 21.6. The molecular weight excluding hydrogens is 293 g/mol. The molecule has 2 amide bonds. The van der Waals surface area contributed by atoms with Crippen molar-refractivity contribution in [3.05, 3.63) is 29.6 Å². The molecule has 1 aromatic carbocycles. The van der Waals surface area contributed by atoms with Crippen LogP contribution in [0.5, 0.6) is 5.75 Å². The van der Waals surface area contributed by atoms with Gasteiger partial charge >= 0.3 is 0 Å². The molecule has 6 nitrogen and oxygen atoms in total. The lowest BCUT2D eigenvalue weighted by Crippen LogP contribution is -2.52. The van der Waals surface area contributed by atoms with Crippen molar-refractivity contribution >= 4 is 11.8 Å². The number of nitrogens with one attached hydrogen (secondary N) is 2. The second-order valence-corrected chi connectivity index (χ2v) is 4.37. The Balaban J connectivity index is 2.04. The molecule has 0 bridgehead atoms. The van der Waals surface area contributed by atoms with Crippen LogP contribution in [0.4, 0.5) is 13.2 Å². The zero-order valence-electron chi connectivity index (χ0n) is 10.5. The van der Waals surface area contributed by atoms with Crippen molar-refractivity contribution in [1.29, 1.82) is 0 Å². The Labute approximate surface area is 116 Å². The average Bonchev–Trinajstić information content (AvgIpc) is 2.44. The zero-order valence-corrected chi connectivity index (χ0v) is 10.5. The Bertz CT molecular complexity index is 582. The van der Waals surface area contributed by atoms with Crippen LogP contribution in [0.25, 0.3) is 0 Å². The lowest BCUT2D eigenvalue weighted by atomic mass is 9.95. The fourth-order valence-corrected chi connectivity index (χ4v) is 1.84. The van der Waals surface area contributed by atoms with Crippen LogP contribution >= 0.6 is 0 Å². The van der Waals surface area contributed by atoms with Gasteiger partial charge in [-0.15, -0.1) is 0 Å². The summed E-state index contributed by atoms with van der Waals surface area (Å²) in [5, 5.41) is 12.0. The van der Waals surface area contributed by atoms with Gasteiger partial charge in [-0.25, -0.2) is 8.78 Å². The summed E-state index contributed by atoms with van der Waals surface area (Å²) in [6, 6.07) is 1.38. The molecule has 1 aliphatic rings. The fraction of sp³-hybridized carbons (Fsp3) is 0.333. The van der Waals surface area contributed by atoms with E-state index < -0.39 is 47.0 Å². The highest BCUT2D eigenvalue weighted by Crippen LogP contribution is 2.21. The van der Waals surface area contributed by atoms with Crippen LogP contribution in [0.15, 0.2) is 12.1 Å². The third kappa shape index (κ3) is 3.07. The van der Waals surface area contributed by atoms with E-state index in [4.69, 9.17) is 0 Å². The predicted molar refractivity (Wildman–Crippen MR) is 62.2 cm³/mol. The van der Waals surface area contributed by atoms with E-state index in [1.54, 1.807) is 5.48 Å². The molecule has 2 atom stereocenters. The molecule has 1 fully saturated rings. The summed E-state index contributed by atoms with van der Waals surface area (Å²) in [5.41, 5.74) is 1.73. The molecule has 0 aliphatic carbocycles. The summed E-state index contributed by atoms with van der Waals surface area (Å²) < 4.78 is 38.9. The molecule has 0 spiro atoms. The van der Waals surface area contributed by atoms with Gasteiger partial charge in [-0.05, 0) is 18.6 Å². The first-order valence-electron chi connectivity index (χ1n) is 5.97. The lowest BCUT2D eigenvalue weighted by Gasteiger charge is -2.25. The molecular formula is C12H11F3N2O4. The Morgan fingerprint density at radius 1 is 1.33 bits per heavy atom. The highest BCUT2D eigenvalue weighted by molar-refractivity contribution is 6.01. The average molecular weight is 304 g/mol. The van der Waals surface area contributed by atoms with Gasteiger partial charge in [-0.2, -0.15) is 9.87 Å². The van der Waals surface area contributed by atoms with E-state index in [9.17, 15) is 27.9 Å². The van der Waals surface area contributed by atoms with Gasteiger partial charge in [0.05, 0.1) is 6.10 Å². The van der Waals surface area contributed by atoms with Crippen LogP contribution in [0.2, 0.25) is 0 Å². The van der Waals surface area contributed by atoms with Gasteiger partial charge in [0.25, 0.3) is 5.91 Å². The monoisotopic (exact) mass is 304 g/mol. The standard InChI is InChI=1S/C12H11F3N2O4/c13-5-1-2-7(10(15)9(5)14)21-17-12(20)8-6(18)3-4-16-11(8)19/h1-2,6,8,18H,3-4H2,(H,16,19)(H,17,20). The van der Waals surface area contributed by atoms with E-state index in [1.165, 1.54) is 0 Å². The molecule has 114 valence electrons. The maximum atomic E-state index is 13.3. The molecule has 1 saturated heterocycles. The maximum Gasteiger partial charge on any atom is 0.267 e. The second-order valence-electron chi connectivity index (χ2n) is 4.37. The molecule has 0 aromatic heterocycles. The fourth-order valence-electron chi connectivity index (χ4n) is 1.84. The van der Waals surface area contributed by atoms with E-state index in [2.05, 4.69) is 10.2 Å². The number of piperidine rings is 1. The third-order valence-electron chi connectivity index (χ3n) is 2.95. The summed E-state index contributed by atoms with van der Waals surface area (Å²) in [4.78, 5) is 27.7. The van der Waals surface area contributed by atoms with Gasteiger partial charge < -0.3 is 15.3 Å². The second kappa shape index (κ2) is 6.00. The van der Waals surface area contributed by atoms with Crippen LogP contribution in [0.1, 0.15) is 6.42 Å². The van der Waals surface area contributed by atoms with E-state index in [-0.39, 0.29) is 13.0 Å². The van der Waals surface area contributed by atoms with Crippen LogP contribution in [-0.2, 0) is 9.59 Å². The third-order valence-corrected chi connectivity index (χ3v) is 2.95. The Morgan fingerprint density at radius 2 is 2.05 bits per heavy atom. The van der Waals surface area contributed by atoms with Crippen molar-refractivity contribution < 1.29 is 32.7 Å². The van der Waals surface area contributed by atoms with Gasteiger partial charge in [-0.3, -0.25) is 9.59 Å². The molecule has 1 heterocycles. The van der Waals surface area contributed by atoms with E-state index in [0.29, 0.717) is 6.07 Å². The zero-order chi connectivity index (χ0) is 15.6. The van der Waals surface area contributed by atoms with E-state index >= 15 is 0 Å². The molecule has 3 N–H and O–H groups in total. The van der Waals surface area contributed by atoms with Crippen molar-refractivity contribution in [2.75, 3.05) is 6.54 Å². The molecule has 1 aromatic rings. The van der Waals surface area contributed by atoms with Gasteiger partial charge in [0.2, 0.25) is 11.7 Å². The van der Waals surface area contributed by atoms with Crippen molar-refractivity contribution in [2.45, 2.75) is 12.5 Å². The summed E-state index contributed by atoms with van der Waals surface area (Å²) >= 11 is 0. The first-order valence-corrected chi connectivity index (χ1v) is 5.97. The topological polar surface area (TPSA) is 87.7 Å². The number of halogens is 3. The number of rotatable bonds is 3. The van der Waals surface area contributed by atoms with E-state index in [0.717, 1.165) is 6.07 Å². The maximum absolute atomic E-state index is 13.3. The highest BCUT2D eigenvalue weighted by atomic mass is 19.2. The van der Waals surface area contributed by atoms with Crippen LogP contribution in [0, 0.1) is 23.4 Å². The summed E-state index contributed by atoms with van der Waals surface area (Å²) in [6.07, 6.45) is -1.04. The first-order chi connectivity index (χ1) is 9.91. The van der Waals surface area contributed by atoms with Crippen LogP contribution in [0.3, 0.4) is 0 Å². The number of aliphatic hydroxyl groups is 1. The van der Waals surface area contributed by atoms with Crippen molar-refractivity contribution in [3.8, 4) is 5.75 Å². The first kappa shape index (κ1) is 15.1. The lowest BCUT2D eigenvalue weighted by molar-refractivity contribution is -0.146. The number of aliphatic hydroxyl groups excluding tert-OH is 1.